The summed E-state index contributed by atoms with van der Waals surface area (Å²) in [6.07, 6.45) is 2.52. The van der Waals surface area contributed by atoms with Crippen LogP contribution in [-0.4, -0.2) is 38.7 Å². The van der Waals surface area contributed by atoms with Crippen molar-refractivity contribution in [2.75, 3.05) is 39.5 Å². The number of benzene rings is 1. The van der Waals surface area contributed by atoms with Crippen molar-refractivity contribution in [3.63, 3.8) is 0 Å². The third kappa shape index (κ3) is 5.76. The number of hydrogen-bond donors (Lipinski definition) is 1. The number of anilines is 1. The van der Waals surface area contributed by atoms with Gasteiger partial charge in [-0.1, -0.05) is 12.1 Å². The lowest BCUT2D eigenvalue weighted by atomic mass is 10.2. The molecule has 0 atom stereocenters. The maximum atomic E-state index is 3.46. The van der Waals surface area contributed by atoms with E-state index in [9.17, 15) is 0 Å². The molecule has 0 aliphatic heterocycles. The van der Waals surface area contributed by atoms with Gasteiger partial charge in [0.25, 0.3) is 0 Å². The van der Waals surface area contributed by atoms with Gasteiger partial charge in [-0.3, -0.25) is 0 Å². The van der Waals surface area contributed by atoms with Gasteiger partial charge in [0, 0.05) is 12.2 Å². The minimum Gasteiger partial charge on any atom is -0.385 e. The zero-order chi connectivity index (χ0) is 12.0. The monoisotopic (exact) mass is 221 g/mol. The fourth-order valence-corrected chi connectivity index (χ4v) is 1.70. The van der Waals surface area contributed by atoms with Crippen LogP contribution in [0.4, 0.5) is 5.69 Å². The second kappa shape index (κ2) is 5.90. The van der Waals surface area contributed by atoms with E-state index in [-0.39, 0.29) is 0 Å². The molecule has 1 rings (SSSR count). The van der Waals surface area contributed by atoms with Crippen LogP contribution in [0.1, 0.15) is 18.4 Å². The van der Waals surface area contributed by atoms with Crippen LogP contribution in [0.25, 0.3) is 0 Å². The zero-order valence-corrected chi connectivity index (χ0v) is 11.1. The fraction of sp³-hybridized carbons (Fsp3) is 0.571. The Hall–Kier alpha value is -1.02. The van der Waals surface area contributed by atoms with E-state index >= 15 is 0 Å². The number of aryl methyl sites for hydroxylation is 1. The van der Waals surface area contributed by atoms with Crippen LogP contribution in [0.3, 0.4) is 0 Å². The zero-order valence-electron chi connectivity index (χ0n) is 11.1. The van der Waals surface area contributed by atoms with Crippen molar-refractivity contribution in [1.82, 2.24) is 0 Å². The first kappa shape index (κ1) is 13.0. The van der Waals surface area contributed by atoms with E-state index in [2.05, 4.69) is 57.6 Å². The average Bonchev–Trinajstić information content (AvgIpc) is 2.15. The number of nitrogens with one attached hydrogen (secondary N) is 1. The normalized spacial score (nSPS) is 11.5. The van der Waals surface area contributed by atoms with Gasteiger partial charge in [0.1, 0.15) is 0 Å². The molecule has 0 aliphatic rings. The van der Waals surface area contributed by atoms with Crippen molar-refractivity contribution in [1.29, 1.82) is 0 Å². The molecule has 0 aromatic heterocycles. The van der Waals surface area contributed by atoms with E-state index in [1.54, 1.807) is 0 Å². The van der Waals surface area contributed by atoms with Crippen molar-refractivity contribution >= 4 is 5.69 Å². The van der Waals surface area contributed by atoms with E-state index in [0.29, 0.717) is 0 Å². The molecule has 1 N–H and O–H groups in total. The molecule has 1 aromatic rings. The van der Waals surface area contributed by atoms with Gasteiger partial charge in [0.2, 0.25) is 0 Å². The Bertz CT molecular complexity index is 313. The minimum absolute atomic E-state index is 1.06. The van der Waals surface area contributed by atoms with E-state index in [4.69, 9.17) is 0 Å². The molecule has 0 aliphatic carbocycles. The molecule has 0 saturated heterocycles. The molecule has 0 radical (unpaired) electrons. The van der Waals surface area contributed by atoms with Gasteiger partial charge in [0.15, 0.2) is 0 Å². The van der Waals surface area contributed by atoms with Gasteiger partial charge in [-0.25, -0.2) is 0 Å². The summed E-state index contributed by atoms with van der Waals surface area (Å²) >= 11 is 0. The summed E-state index contributed by atoms with van der Waals surface area (Å²) in [7, 11) is 6.73. The Labute approximate surface area is 99.9 Å². The molecule has 0 saturated carbocycles. The SMILES string of the molecule is Cc1cccc(NCCCC[N+](C)(C)C)c1. The van der Waals surface area contributed by atoms with Crippen LogP contribution in [-0.2, 0) is 0 Å². The molecule has 0 amide bonds. The Balaban J connectivity index is 2.17. The average molecular weight is 221 g/mol. The van der Waals surface area contributed by atoms with Crippen molar-refractivity contribution in [3.05, 3.63) is 29.8 Å². The van der Waals surface area contributed by atoms with Gasteiger partial charge in [-0.05, 0) is 37.5 Å². The predicted molar refractivity (Wildman–Crippen MR) is 71.8 cm³/mol. The molecule has 2 heteroatoms. The van der Waals surface area contributed by atoms with Crippen LogP contribution in [0.15, 0.2) is 24.3 Å². The standard InChI is InChI=1S/C14H25N2/c1-13-8-7-9-14(12-13)15-10-5-6-11-16(2,3)4/h7-9,12,15H,5-6,10-11H2,1-4H3/q+1. The Morgan fingerprint density at radius 3 is 2.50 bits per heavy atom. The topological polar surface area (TPSA) is 12.0 Å². The second-order valence-electron chi connectivity index (χ2n) is 5.52. The molecule has 16 heavy (non-hydrogen) atoms. The van der Waals surface area contributed by atoms with Crippen LogP contribution in [0.2, 0.25) is 0 Å². The van der Waals surface area contributed by atoms with Crippen molar-refractivity contribution in [2.45, 2.75) is 19.8 Å². The van der Waals surface area contributed by atoms with E-state index < -0.39 is 0 Å². The summed E-state index contributed by atoms with van der Waals surface area (Å²) in [5.41, 5.74) is 2.56. The van der Waals surface area contributed by atoms with Crippen LogP contribution >= 0.6 is 0 Å². The first-order chi connectivity index (χ1) is 7.47. The van der Waals surface area contributed by atoms with Gasteiger partial charge in [-0.15, -0.1) is 0 Å². The van der Waals surface area contributed by atoms with E-state index in [1.807, 2.05) is 0 Å². The van der Waals surface area contributed by atoms with Crippen LogP contribution in [0, 0.1) is 6.92 Å². The van der Waals surface area contributed by atoms with Crippen LogP contribution < -0.4 is 5.32 Å². The summed E-state index contributed by atoms with van der Waals surface area (Å²) < 4.78 is 1.06. The smallest absolute Gasteiger partial charge is 0.0781 e. The summed E-state index contributed by atoms with van der Waals surface area (Å²) in [4.78, 5) is 0. The number of rotatable bonds is 6. The molecule has 0 spiro atoms. The lowest BCUT2D eigenvalue weighted by Crippen LogP contribution is -2.35. The third-order valence-corrected chi connectivity index (χ3v) is 2.60. The Morgan fingerprint density at radius 2 is 1.88 bits per heavy atom. The lowest BCUT2D eigenvalue weighted by Gasteiger charge is -2.23. The maximum Gasteiger partial charge on any atom is 0.0781 e. The highest BCUT2D eigenvalue weighted by Gasteiger charge is 2.04. The van der Waals surface area contributed by atoms with Crippen molar-refractivity contribution in [2.24, 2.45) is 0 Å². The highest BCUT2D eigenvalue weighted by atomic mass is 15.3. The maximum absolute atomic E-state index is 3.46. The van der Waals surface area contributed by atoms with Gasteiger partial charge < -0.3 is 9.80 Å². The summed E-state index contributed by atoms with van der Waals surface area (Å²) in [6.45, 7) is 4.45. The summed E-state index contributed by atoms with van der Waals surface area (Å²) in [6, 6.07) is 8.55. The number of quaternary nitrogens is 1. The molecular weight excluding hydrogens is 196 g/mol. The molecule has 2 nitrogen and oxygen atoms in total. The fourth-order valence-electron chi connectivity index (χ4n) is 1.70. The second-order valence-corrected chi connectivity index (χ2v) is 5.52. The van der Waals surface area contributed by atoms with E-state index in [1.165, 1.54) is 30.6 Å². The molecule has 0 heterocycles. The number of hydrogen-bond acceptors (Lipinski definition) is 1. The predicted octanol–water partition coefficient (Wildman–Crippen LogP) is 2.89. The number of unbranched alkanes of at least 4 members (excludes halogenated alkanes) is 1. The van der Waals surface area contributed by atoms with E-state index in [0.717, 1.165) is 11.0 Å². The Morgan fingerprint density at radius 1 is 1.12 bits per heavy atom. The molecule has 90 valence electrons. The third-order valence-electron chi connectivity index (χ3n) is 2.60. The summed E-state index contributed by atoms with van der Waals surface area (Å²) in [5.74, 6) is 0. The Kier molecular flexibility index (Phi) is 4.81. The van der Waals surface area contributed by atoms with Gasteiger partial charge in [0.05, 0.1) is 27.7 Å². The van der Waals surface area contributed by atoms with Gasteiger partial charge >= 0.3 is 0 Å². The molecule has 1 aromatic carbocycles. The highest BCUT2D eigenvalue weighted by molar-refractivity contribution is 5.45. The molecule has 0 fully saturated rings. The summed E-state index contributed by atoms with van der Waals surface area (Å²) in [5, 5.41) is 3.46. The van der Waals surface area contributed by atoms with Gasteiger partial charge in [-0.2, -0.15) is 0 Å². The van der Waals surface area contributed by atoms with Crippen LogP contribution in [0.5, 0.6) is 0 Å². The minimum atomic E-state index is 1.06. The number of nitrogens with zero attached hydrogens (tertiary/aromatic N) is 1. The molecule has 0 bridgehead atoms. The first-order valence-corrected chi connectivity index (χ1v) is 6.08. The first-order valence-electron chi connectivity index (χ1n) is 6.08. The quantitative estimate of drug-likeness (QED) is 0.575. The largest absolute Gasteiger partial charge is 0.385 e. The van der Waals surface area contributed by atoms with Crippen molar-refractivity contribution in [3.8, 4) is 0 Å². The lowest BCUT2D eigenvalue weighted by molar-refractivity contribution is -0.870. The molecular formula is C14H25N2+. The highest BCUT2D eigenvalue weighted by Crippen LogP contribution is 2.09. The molecule has 0 unspecified atom stereocenters. The van der Waals surface area contributed by atoms with Crippen molar-refractivity contribution < 1.29 is 4.48 Å².